The predicted molar refractivity (Wildman–Crippen MR) is 139 cm³/mol. The van der Waals surface area contributed by atoms with Gasteiger partial charge in [0.15, 0.2) is 23.0 Å². The Kier molecular flexibility index (Phi) is 6.99. The van der Waals surface area contributed by atoms with E-state index < -0.39 is 17.8 Å². The number of carbonyl (C=O) groups is 3. The number of ether oxygens (including phenoxy) is 4. The Bertz CT molecular complexity index is 1430. The quantitative estimate of drug-likeness (QED) is 0.346. The topological polar surface area (TPSA) is 103 Å². The maximum Gasteiger partial charge on any atom is 0.335 e. The molecule has 2 aliphatic rings. The van der Waals surface area contributed by atoms with Crippen LogP contribution in [0.4, 0.5) is 10.5 Å². The summed E-state index contributed by atoms with van der Waals surface area (Å²) in [6.07, 6.45) is 2.25. The molecular weight excluding hydrogens is 488 g/mol. The Morgan fingerprint density at radius 1 is 0.868 bits per heavy atom. The van der Waals surface area contributed by atoms with Crippen molar-refractivity contribution >= 4 is 29.6 Å². The fraction of sp³-hybridized carbons (Fsp3) is 0.207. The van der Waals surface area contributed by atoms with Crippen LogP contribution in [0.1, 0.15) is 30.5 Å². The van der Waals surface area contributed by atoms with Crippen LogP contribution in [0.3, 0.4) is 0 Å². The standard InChI is InChI=1S/C29H26N2O7/c1-3-18-5-9-21(10-6-18)31-28(33)22(27(32)30-29(31)34)13-19-7-11-23(25(14-19)35-4-2)36-16-20-8-12-24-26(15-20)38-17-37-24/h5-15H,3-4,16-17H2,1-2H3,(H,30,32,34)/b22-13-. The third kappa shape index (κ3) is 5.04. The van der Waals surface area contributed by atoms with Crippen molar-refractivity contribution in [3.63, 3.8) is 0 Å². The molecule has 1 fully saturated rings. The van der Waals surface area contributed by atoms with Gasteiger partial charge >= 0.3 is 6.03 Å². The number of fused-ring (bicyclic) bond motifs is 1. The maximum absolute atomic E-state index is 13.2. The Labute approximate surface area is 219 Å². The Hall–Kier alpha value is -4.79. The lowest BCUT2D eigenvalue weighted by atomic mass is 10.1. The lowest BCUT2D eigenvalue weighted by Gasteiger charge is -2.26. The number of hydrogen-bond acceptors (Lipinski definition) is 7. The van der Waals surface area contributed by atoms with Crippen molar-refractivity contribution in [3.05, 3.63) is 82.9 Å². The number of carbonyl (C=O) groups excluding carboxylic acids is 3. The zero-order chi connectivity index (χ0) is 26.6. The minimum atomic E-state index is -0.788. The average molecular weight is 515 g/mol. The fourth-order valence-electron chi connectivity index (χ4n) is 4.13. The highest BCUT2D eigenvalue weighted by atomic mass is 16.7. The van der Waals surface area contributed by atoms with Crippen molar-refractivity contribution in [2.75, 3.05) is 18.3 Å². The zero-order valence-corrected chi connectivity index (χ0v) is 21.0. The summed E-state index contributed by atoms with van der Waals surface area (Å²) < 4.78 is 22.5. The van der Waals surface area contributed by atoms with Gasteiger partial charge in [-0.15, -0.1) is 0 Å². The number of benzene rings is 3. The van der Waals surface area contributed by atoms with Gasteiger partial charge in [-0.05, 0) is 72.5 Å². The summed E-state index contributed by atoms with van der Waals surface area (Å²) in [5.74, 6) is 0.850. The van der Waals surface area contributed by atoms with Gasteiger partial charge in [-0.2, -0.15) is 0 Å². The van der Waals surface area contributed by atoms with Gasteiger partial charge in [0, 0.05) is 0 Å². The van der Waals surface area contributed by atoms with Crippen LogP contribution in [0.5, 0.6) is 23.0 Å². The molecule has 1 N–H and O–H groups in total. The van der Waals surface area contributed by atoms with Gasteiger partial charge < -0.3 is 18.9 Å². The van der Waals surface area contributed by atoms with E-state index in [4.69, 9.17) is 18.9 Å². The van der Waals surface area contributed by atoms with E-state index in [1.54, 1.807) is 30.3 Å². The van der Waals surface area contributed by atoms with E-state index in [0.29, 0.717) is 40.9 Å². The molecule has 0 unspecified atom stereocenters. The summed E-state index contributed by atoms with van der Waals surface area (Å²) >= 11 is 0. The molecule has 38 heavy (non-hydrogen) atoms. The van der Waals surface area contributed by atoms with Gasteiger partial charge in [-0.3, -0.25) is 14.9 Å². The molecule has 0 bridgehead atoms. The first kappa shape index (κ1) is 24.9. The van der Waals surface area contributed by atoms with Crippen molar-refractivity contribution < 1.29 is 33.3 Å². The largest absolute Gasteiger partial charge is 0.490 e. The maximum atomic E-state index is 13.2. The summed E-state index contributed by atoms with van der Waals surface area (Å²) in [5.41, 5.74) is 2.71. The first-order valence-electron chi connectivity index (χ1n) is 12.3. The summed E-state index contributed by atoms with van der Waals surface area (Å²) in [4.78, 5) is 39.3. The van der Waals surface area contributed by atoms with Gasteiger partial charge in [-0.25, -0.2) is 9.69 Å². The number of nitrogens with one attached hydrogen (secondary N) is 1. The van der Waals surface area contributed by atoms with Crippen LogP contribution in [0.15, 0.2) is 66.2 Å². The van der Waals surface area contributed by atoms with Gasteiger partial charge in [0.1, 0.15) is 12.2 Å². The van der Waals surface area contributed by atoms with E-state index in [0.717, 1.165) is 22.4 Å². The lowest BCUT2D eigenvalue weighted by Crippen LogP contribution is -2.54. The third-order valence-corrected chi connectivity index (χ3v) is 6.11. The molecule has 0 radical (unpaired) electrons. The predicted octanol–water partition coefficient (Wildman–Crippen LogP) is 4.62. The molecule has 0 spiro atoms. The van der Waals surface area contributed by atoms with Crippen LogP contribution in [0.25, 0.3) is 6.08 Å². The normalized spacial score (nSPS) is 15.6. The number of urea groups is 1. The highest BCUT2D eigenvalue weighted by Crippen LogP contribution is 2.34. The van der Waals surface area contributed by atoms with E-state index in [2.05, 4.69) is 5.32 Å². The molecule has 3 aromatic carbocycles. The first-order chi connectivity index (χ1) is 18.5. The number of amides is 4. The monoisotopic (exact) mass is 514 g/mol. The minimum absolute atomic E-state index is 0.166. The van der Waals surface area contributed by atoms with Crippen LogP contribution in [0.2, 0.25) is 0 Å². The average Bonchev–Trinajstić information content (AvgIpc) is 3.39. The SMILES string of the molecule is CCOc1cc(/C=C2/C(=O)NC(=O)N(c3ccc(CC)cc3)C2=O)ccc1OCc1ccc2c(c1)OCO2. The second-order valence-corrected chi connectivity index (χ2v) is 8.59. The number of barbiturate groups is 1. The highest BCUT2D eigenvalue weighted by molar-refractivity contribution is 6.39. The molecule has 4 amide bonds. The van der Waals surface area contributed by atoms with Gasteiger partial charge in [-0.1, -0.05) is 31.2 Å². The molecule has 0 atom stereocenters. The number of anilines is 1. The Morgan fingerprint density at radius 2 is 1.63 bits per heavy atom. The molecule has 9 nitrogen and oxygen atoms in total. The van der Waals surface area contributed by atoms with Crippen LogP contribution in [0, 0.1) is 0 Å². The van der Waals surface area contributed by atoms with Crippen molar-refractivity contribution in [3.8, 4) is 23.0 Å². The molecule has 2 heterocycles. The number of imide groups is 2. The summed E-state index contributed by atoms with van der Waals surface area (Å²) in [5, 5.41) is 2.25. The molecule has 5 rings (SSSR count). The Morgan fingerprint density at radius 3 is 2.39 bits per heavy atom. The van der Waals surface area contributed by atoms with Crippen LogP contribution < -0.4 is 29.2 Å². The molecule has 9 heteroatoms. The fourth-order valence-corrected chi connectivity index (χ4v) is 4.13. The van der Waals surface area contributed by atoms with Crippen molar-refractivity contribution in [2.45, 2.75) is 26.9 Å². The van der Waals surface area contributed by atoms with Crippen LogP contribution >= 0.6 is 0 Å². The third-order valence-electron chi connectivity index (χ3n) is 6.11. The molecule has 2 aliphatic heterocycles. The summed E-state index contributed by atoms with van der Waals surface area (Å²) in [7, 11) is 0. The van der Waals surface area contributed by atoms with Gasteiger partial charge in [0.05, 0.1) is 12.3 Å². The molecule has 1 saturated heterocycles. The zero-order valence-electron chi connectivity index (χ0n) is 21.0. The van der Waals surface area contributed by atoms with E-state index in [1.807, 2.05) is 44.2 Å². The minimum Gasteiger partial charge on any atom is -0.490 e. The number of hydrogen-bond donors (Lipinski definition) is 1. The van der Waals surface area contributed by atoms with Crippen molar-refractivity contribution in [1.29, 1.82) is 0 Å². The Balaban J connectivity index is 1.38. The van der Waals surface area contributed by atoms with Crippen molar-refractivity contribution in [1.82, 2.24) is 5.32 Å². The molecular formula is C29H26N2O7. The summed E-state index contributed by atoms with van der Waals surface area (Å²) in [6.45, 7) is 4.71. The van der Waals surface area contributed by atoms with Gasteiger partial charge in [0.2, 0.25) is 6.79 Å². The molecule has 0 saturated carbocycles. The summed E-state index contributed by atoms with van der Waals surface area (Å²) in [6, 6.07) is 16.9. The second kappa shape index (κ2) is 10.7. The first-order valence-corrected chi connectivity index (χ1v) is 12.3. The number of aryl methyl sites for hydroxylation is 1. The molecule has 0 aromatic heterocycles. The molecule has 0 aliphatic carbocycles. The number of nitrogens with zero attached hydrogens (tertiary/aromatic N) is 1. The molecule has 3 aromatic rings. The van der Waals surface area contributed by atoms with E-state index in [1.165, 1.54) is 6.08 Å². The lowest BCUT2D eigenvalue weighted by molar-refractivity contribution is -0.122. The highest BCUT2D eigenvalue weighted by Gasteiger charge is 2.36. The molecule has 194 valence electrons. The van der Waals surface area contributed by atoms with E-state index in [9.17, 15) is 14.4 Å². The number of rotatable bonds is 8. The smallest absolute Gasteiger partial charge is 0.335 e. The van der Waals surface area contributed by atoms with E-state index >= 15 is 0 Å². The van der Waals surface area contributed by atoms with E-state index in [-0.39, 0.29) is 19.0 Å². The van der Waals surface area contributed by atoms with Crippen LogP contribution in [-0.4, -0.2) is 31.2 Å². The van der Waals surface area contributed by atoms with Crippen LogP contribution in [-0.2, 0) is 22.6 Å². The van der Waals surface area contributed by atoms with Gasteiger partial charge in [0.25, 0.3) is 11.8 Å². The van der Waals surface area contributed by atoms with Crippen molar-refractivity contribution in [2.24, 2.45) is 0 Å². The second-order valence-electron chi connectivity index (χ2n) is 8.59.